The average molecular weight is 231 g/mol. The van der Waals surface area contributed by atoms with E-state index in [2.05, 4.69) is 0 Å². The molecule has 0 saturated carbocycles. The van der Waals surface area contributed by atoms with Crippen LogP contribution in [0, 0.1) is 12.8 Å². The number of hydrogen-bond donors (Lipinski definition) is 1. The number of aryl methyl sites for hydroxylation is 1. The second-order valence-electron chi connectivity index (χ2n) is 4.01. The first-order valence-corrected chi connectivity index (χ1v) is 5.26. The molecule has 16 heavy (non-hydrogen) atoms. The Bertz CT molecular complexity index is 333. The van der Waals surface area contributed by atoms with Crippen molar-refractivity contribution in [2.75, 3.05) is 6.54 Å². The highest BCUT2D eigenvalue weighted by molar-refractivity contribution is 5.22. The van der Waals surface area contributed by atoms with Gasteiger partial charge in [0.2, 0.25) is 0 Å². The quantitative estimate of drug-likeness (QED) is 0.846. The molecule has 0 aliphatic heterocycles. The molecule has 1 nitrogen and oxygen atoms in total. The maximum atomic E-state index is 12.6. The summed E-state index contributed by atoms with van der Waals surface area (Å²) in [5.41, 5.74) is 6.91. The van der Waals surface area contributed by atoms with Crippen molar-refractivity contribution in [3.05, 3.63) is 35.4 Å². The van der Waals surface area contributed by atoms with E-state index in [1.807, 2.05) is 13.0 Å². The molecular weight excluding hydrogens is 215 g/mol. The van der Waals surface area contributed by atoms with Crippen LogP contribution in [0.2, 0.25) is 0 Å². The third-order valence-electron chi connectivity index (χ3n) is 2.54. The molecule has 1 unspecified atom stereocenters. The highest BCUT2D eigenvalue weighted by atomic mass is 19.4. The third-order valence-corrected chi connectivity index (χ3v) is 2.54. The molecule has 0 aliphatic rings. The van der Waals surface area contributed by atoms with Crippen LogP contribution in [0.1, 0.15) is 17.5 Å². The second kappa shape index (κ2) is 5.34. The molecule has 0 radical (unpaired) electrons. The summed E-state index contributed by atoms with van der Waals surface area (Å²) < 4.78 is 37.9. The van der Waals surface area contributed by atoms with Gasteiger partial charge in [-0.25, -0.2) is 0 Å². The summed E-state index contributed by atoms with van der Waals surface area (Å²) in [6.45, 7) is 1.94. The van der Waals surface area contributed by atoms with Gasteiger partial charge < -0.3 is 5.73 Å². The predicted molar refractivity (Wildman–Crippen MR) is 58.1 cm³/mol. The molecule has 0 amide bonds. The van der Waals surface area contributed by atoms with Crippen LogP contribution < -0.4 is 5.73 Å². The lowest BCUT2D eigenvalue weighted by atomic mass is 9.95. The van der Waals surface area contributed by atoms with Gasteiger partial charge in [0.1, 0.15) is 0 Å². The highest BCUT2D eigenvalue weighted by Gasteiger charge is 2.38. The Morgan fingerprint density at radius 1 is 1.31 bits per heavy atom. The van der Waals surface area contributed by atoms with Crippen LogP contribution in [0.15, 0.2) is 24.3 Å². The summed E-state index contributed by atoms with van der Waals surface area (Å²) in [5, 5.41) is 0. The van der Waals surface area contributed by atoms with Crippen molar-refractivity contribution in [2.45, 2.75) is 25.9 Å². The van der Waals surface area contributed by atoms with Gasteiger partial charge >= 0.3 is 6.18 Å². The van der Waals surface area contributed by atoms with Crippen LogP contribution in [0.3, 0.4) is 0 Å². The van der Waals surface area contributed by atoms with Crippen molar-refractivity contribution in [3.63, 3.8) is 0 Å². The molecule has 0 aromatic heterocycles. The van der Waals surface area contributed by atoms with Crippen LogP contribution in [-0.4, -0.2) is 12.7 Å². The van der Waals surface area contributed by atoms with Crippen LogP contribution in [0.4, 0.5) is 13.2 Å². The zero-order valence-corrected chi connectivity index (χ0v) is 9.22. The molecule has 0 aliphatic carbocycles. The van der Waals surface area contributed by atoms with Gasteiger partial charge in [0.05, 0.1) is 5.92 Å². The normalized spacial score (nSPS) is 13.8. The number of benzene rings is 1. The summed E-state index contributed by atoms with van der Waals surface area (Å²) in [6, 6.07) is 7.16. The first-order chi connectivity index (χ1) is 7.43. The lowest BCUT2D eigenvalue weighted by Gasteiger charge is -2.19. The number of rotatable bonds is 4. The smallest absolute Gasteiger partial charge is 0.330 e. The first-order valence-electron chi connectivity index (χ1n) is 5.26. The molecule has 1 rings (SSSR count). The molecule has 0 fully saturated rings. The Morgan fingerprint density at radius 2 is 2.00 bits per heavy atom. The zero-order chi connectivity index (χ0) is 12.2. The van der Waals surface area contributed by atoms with Crippen LogP contribution in [-0.2, 0) is 6.42 Å². The van der Waals surface area contributed by atoms with Crippen molar-refractivity contribution < 1.29 is 13.2 Å². The van der Waals surface area contributed by atoms with E-state index in [0.717, 1.165) is 11.1 Å². The fourth-order valence-corrected chi connectivity index (χ4v) is 1.71. The van der Waals surface area contributed by atoms with Gasteiger partial charge in [0.25, 0.3) is 0 Å². The van der Waals surface area contributed by atoms with E-state index in [0.29, 0.717) is 0 Å². The number of alkyl halides is 3. The second-order valence-corrected chi connectivity index (χ2v) is 4.01. The molecular formula is C12H16F3N. The van der Waals surface area contributed by atoms with Crippen LogP contribution >= 0.6 is 0 Å². The number of halogens is 3. The maximum Gasteiger partial charge on any atom is 0.392 e. The van der Waals surface area contributed by atoms with Gasteiger partial charge in [-0.1, -0.05) is 29.8 Å². The largest absolute Gasteiger partial charge is 0.392 e. The maximum absolute atomic E-state index is 12.6. The average Bonchev–Trinajstić information content (AvgIpc) is 2.16. The fraction of sp³-hybridized carbons (Fsp3) is 0.500. The van der Waals surface area contributed by atoms with Gasteiger partial charge in [0, 0.05) is 0 Å². The molecule has 1 atom stereocenters. The molecule has 0 spiro atoms. The van der Waals surface area contributed by atoms with Crippen molar-refractivity contribution in [3.8, 4) is 0 Å². The Hall–Kier alpha value is -1.03. The Balaban J connectivity index is 2.76. The van der Waals surface area contributed by atoms with E-state index in [4.69, 9.17) is 5.73 Å². The standard InChI is InChI=1S/C12H16F3N/c1-9-3-2-4-10(7-9)8-11(5-6-16)12(13,14)15/h2-4,7,11H,5-6,8,16H2,1H3. The summed E-state index contributed by atoms with van der Waals surface area (Å²) in [6.07, 6.45) is -4.16. The third kappa shape index (κ3) is 3.85. The highest BCUT2D eigenvalue weighted by Crippen LogP contribution is 2.31. The molecule has 0 saturated heterocycles. The Morgan fingerprint density at radius 3 is 2.50 bits per heavy atom. The summed E-state index contributed by atoms with van der Waals surface area (Å²) >= 11 is 0. The molecule has 4 heteroatoms. The monoisotopic (exact) mass is 231 g/mol. The van der Waals surface area contributed by atoms with E-state index < -0.39 is 12.1 Å². The van der Waals surface area contributed by atoms with Gasteiger partial charge in [-0.3, -0.25) is 0 Å². The lowest BCUT2D eigenvalue weighted by molar-refractivity contribution is -0.175. The molecule has 90 valence electrons. The minimum absolute atomic E-state index is 0.0163. The molecule has 2 N–H and O–H groups in total. The van der Waals surface area contributed by atoms with E-state index in [-0.39, 0.29) is 19.4 Å². The minimum atomic E-state index is -4.16. The molecule has 0 heterocycles. The van der Waals surface area contributed by atoms with E-state index >= 15 is 0 Å². The van der Waals surface area contributed by atoms with E-state index in [9.17, 15) is 13.2 Å². The molecule has 0 bridgehead atoms. The Kier molecular flexibility index (Phi) is 4.35. The van der Waals surface area contributed by atoms with Gasteiger partial charge in [-0.2, -0.15) is 13.2 Å². The van der Waals surface area contributed by atoms with E-state index in [1.54, 1.807) is 18.2 Å². The minimum Gasteiger partial charge on any atom is -0.330 e. The summed E-state index contributed by atoms with van der Waals surface area (Å²) in [7, 11) is 0. The molecule has 1 aromatic carbocycles. The summed E-state index contributed by atoms with van der Waals surface area (Å²) in [5.74, 6) is -1.33. The van der Waals surface area contributed by atoms with Crippen LogP contribution in [0.5, 0.6) is 0 Å². The van der Waals surface area contributed by atoms with Gasteiger partial charge in [-0.15, -0.1) is 0 Å². The first kappa shape index (κ1) is 13.0. The lowest BCUT2D eigenvalue weighted by Crippen LogP contribution is -2.27. The fourth-order valence-electron chi connectivity index (χ4n) is 1.71. The van der Waals surface area contributed by atoms with Crippen molar-refractivity contribution >= 4 is 0 Å². The SMILES string of the molecule is Cc1cccc(CC(CCN)C(F)(F)F)c1. The van der Waals surface area contributed by atoms with Gasteiger partial charge in [0.15, 0.2) is 0 Å². The van der Waals surface area contributed by atoms with Crippen molar-refractivity contribution in [1.29, 1.82) is 0 Å². The number of hydrogen-bond acceptors (Lipinski definition) is 1. The number of nitrogens with two attached hydrogens (primary N) is 1. The van der Waals surface area contributed by atoms with Crippen molar-refractivity contribution in [1.82, 2.24) is 0 Å². The topological polar surface area (TPSA) is 26.0 Å². The Labute approximate surface area is 93.5 Å². The predicted octanol–water partition coefficient (Wildman–Crippen LogP) is 3.06. The summed E-state index contributed by atoms with van der Waals surface area (Å²) in [4.78, 5) is 0. The van der Waals surface area contributed by atoms with Crippen LogP contribution in [0.25, 0.3) is 0 Å². The molecule has 1 aromatic rings. The van der Waals surface area contributed by atoms with Crippen molar-refractivity contribution in [2.24, 2.45) is 11.7 Å². The van der Waals surface area contributed by atoms with E-state index in [1.165, 1.54) is 0 Å². The van der Waals surface area contributed by atoms with Gasteiger partial charge in [-0.05, 0) is 31.9 Å². The zero-order valence-electron chi connectivity index (χ0n) is 9.22.